The van der Waals surface area contributed by atoms with E-state index in [1.807, 2.05) is 27.0 Å². The molecule has 0 spiro atoms. The smallest absolute Gasteiger partial charge is 0.0127 e. The lowest BCUT2D eigenvalue weighted by atomic mass is 10.6. The summed E-state index contributed by atoms with van der Waals surface area (Å²) in [6.45, 7) is 9.53. The summed E-state index contributed by atoms with van der Waals surface area (Å²) in [5, 5.41) is 1.70. The second-order valence-corrected chi connectivity index (χ2v) is 1.72. The predicted molar refractivity (Wildman–Crippen MR) is 47.9 cm³/mol. The molecule has 0 saturated heterocycles. The first kappa shape index (κ1) is 11.5. The van der Waals surface area contributed by atoms with Gasteiger partial charge in [-0.05, 0) is 11.8 Å². The van der Waals surface area contributed by atoms with E-state index in [2.05, 4.69) is 11.0 Å². The maximum Gasteiger partial charge on any atom is 0.0127 e. The molecule has 0 aliphatic heterocycles. The molecule has 0 aromatic rings. The third-order valence-corrected chi connectivity index (χ3v) is 0.812. The number of rotatable bonds is 3. The molecule has 0 amide bonds. The highest BCUT2D eigenvalue weighted by atomic mass is 32.2. The Kier molecular flexibility index (Phi) is 20.1. The summed E-state index contributed by atoms with van der Waals surface area (Å²) in [4.78, 5) is 0. The lowest BCUT2D eigenvalue weighted by Gasteiger charge is -1.75. The Morgan fingerprint density at radius 2 is 2.11 bits per heavy atom. The van der Waals surface area contributed by atoms with Gasteiger partial charge in [0.25, 0.3) is 0 Å². The van der Waals surface area contributed by atoms with Gasteiger partial charge in [0.15, 0.2) is 0 Å². The van der Waals surface area contributed by atoms with Gasteiger partial charge >= 0.3 is 0 Å². The molecule has 0 radical (unpaired) electrons. The van der Waals surface area contributed by atoms with Gasteiger partial charge in [0.1, 0.15) is 0 Å². The Bertz CT molecular complexity index is 69.3. The minimum Gasteiger partial charge on any atom is -0.224 e. The van der Waals surface area contributed by atoms with Crippen molar-refractivity contribution in [3.8, 4) is 0 Å². The van der Waals surface area contributed by atoms with E-state index in [9.17, 15) is 0 Å². The molecular weight excluding hydrogens is 130 g/mol. The number of nitrogens with zero attached hydrogens (tertiary/aromatic N) is 1. The summed E-state index contributed by atoms with van der Waals surface area (Å²) in [7, 11) is 0. The fourth-order valence-electron chi connectivity index (χ4n) is 0.161. The molecule has 2 heteroatoms. The van der Waals surface area contributed by atoms with Gasteiger partial charge in [0.2, 0.25) is 0 Å². The van der Waals surface area contributed by atoms with Crippen LogP contribution in [0.15, 0.2) is 16.4 Å². The highest BCUT2D eigenvalue weighted by Gasteiger charge is 1.64. The van der Waals surface area contributed by atoms with E-state index in [1.165, 1.54) is 11.9 Å². The molecule has 0 aliphatic rings. The average Bonchev–Trinajstić information content (AvgIpc) is 1.94. The minimum atomic E-state index is 1.00. The lowest BCUT2D eigenvalue weighted by molar-refractivity contribution is 1.33. The largest absolute Gasteiger partial charge is 0.224 e. The fourth-order valence-corrected chi connectivity index (χ4v) is 0.482. The molecule has 0 aliphatic carbocycles. The Morgan fingerprint density at radius 3 is 2.44 bits per heavy atom. The van der Waals surface area contributed by atoms with Gasteiger partial charge in [-0.3, -0.25) is 0 Å². The third kappa shape index (κ3) is 18.2. The van der Waals surface area contributed by atoms with Crippen LogP contribution < -0.4 is 0 Å². The van der Waals surface area contributed by atoms with Gasteiger partial charge < -0.3 is 0 Å². The first-order chi connectivity index (χ1) is 4.41. The van der Waals surface area contributed by atoms with Crippen LogP contribution in [0.5, 0.6) is 0 Å². The maximum absolute atomic E-state index is 3.88. The molecule has 0 saturated carbocycles. The van der Waals surface area contributed by atoms with Gasteiger partial charge in [-0.1, -0.05) is 27.4 Å². The van der Waals surface area contributed by atoms with Crippen LogP contribution >= 0.6 is 11.9 Å². The molecule has 0 aromatic heterocycles. The molecule has 0 bridgehead atoms. The molecule has 0 atom stereocenters. The molecule has 1 nitrogen and oxygen atoms in total. The van der Waals surface area contributed by atoms with Crippen molar-refractivity contribution < 1.29 is 0 Å². The molecule has 0 fully saturated rings. The topological polar surface area (TPSA) is 12.4 Å². The second-order valence-electron chi connectivity index (χ2n) is 0.968. The monoisotopic (exact) mass is 145 g/mol. The highest BCUT2D eigenvalue weighted by Crippen LogP contribution is 1.98. The van der Waals surface area contributed by atoms with Crippen molar-refractivity contribution in [2.75, 3.05) is 0 Å². The first-order valence-corrected chi connectivity index (χ1v) is 4.04. The summed E-state index contributed by atoms with van der Waals surface area (Å²) < 4.78 is 3.88. The van der Waals surface area contributed by atoms with E-state index < -0.39 is 0 Å². The molecule has 54 valence electrons. The maximum atomic E-state index is 3.88. The minimum absolute atomic E-state index is 1.00. The van der Waals surface area contributed by atoms with Gasteiger partial charge in [-0.2, -0.15) is 0 Å². The fraction of sp³-hybridized carbons (Fsp3) is 0.571. The van der Waals surface area contributed by atoms with E-state index in [0.717, 1.165) is 6.42 Å². The summed E-state index contributed by atoms with van der Waals surface area (Å²) in [5.74, 6) is 0. The SMILES string of the molecule is C=CS/N=C\CC.CC. The van der Waals surface area contributed by atoms with Gasteiger partial charge in [0.05, 0.1) is 0 Å². The Morgan fingerprint density at radius 1 is 1.56 bits per heavy atom. The molecule has 9 heavy (non-hydrogen) atoms. The van der Waals surface area contributed by atoms with Crippen molar-refractivity contribution in [1.29, 1.82) is 0 Å². The van der Waals surface area contributed by atoms with E-state index in [4.69, 9.17) is 0 Å². The van der Waals surface area contributed by atoms with Crippen LogP contribution in [-0.4, -0.2) is 6.21 Å². The van der Waals surface area contributed by atoms with E-state index in [1.54, 1.807) is 5.41 Å². The summed E-state index contributed by atoms with van der Waals surface area (Å²) in [6.07, 6.45) is 2.85. The normalized spacial score (nSPS) is 8.33. The van der Waals surface area contributed by atoms with Crippen molar-refractivity contribution in [3.05, 3.63) is 12.0 Å². The molecular formula is C7H15NS. The van der Waals surface area contributed by atoms with Crippen molar-refractivity contribution in [2.45, 2.75) is 27.2 Å². The molecule has 0 unspecified atom stereocenters. The summed E-state index contributed by atoms with van der Waals surface area (Å²) >= 11 is 1.37. The number of hydrogen-bond donors (Lipinski definition) is 0. The molecule has 0 aromatic carbocycles. The Hall–Kier alpha value is -0.240. The van der Waals surface area contributed by atoms with Crippen LogP contribution in [0.4, 0.5) is 0 Å². The van der Waals surface area contributed by atoms with Crippen molar-refractivity contribution in [3.63, 3.8) is 0 Å². The van der Waals surface area contributed by atoms with Gasteiger partial charge in [-0.15, -0.1) is 0 Å². The molecule has 0 heterocycles. The van der Waals surface area contributed by atoms with Crippen LogP contribution in [0.25, 0.3) is 0 Å². The Balaban J connectivity index is 0. The van der Waals surface area contributed by atoms with Crippen molar-refractivity contribution >= 4 is 18.2 Å². The first-order valence-electron chi connectivity index (χ1n) is 3.20. The zero-order chi connectivity index (χ0) is 7.54. The van der Waals surface area contributed by atoms with Crippen LogP contribution in [0.3, 0.4) is 0 Å². The summed E-state index contributed by atoms with van der Waals surface area (Å²) in [6, 6.07) is 0. The standard InChI is InChI=1S/C5H9NS.C2H6/c1-3-5-6-7-4-2;1-2/h4-5H,2-3H2,1H3;1-2H3/b6-5-;. The molecule has 0 rings (SSSR count). The van der Waals surface area contributed by atoms with Crippen LogP contribution in [0.2, 0.25) is 0 Å². The van der Waals surface area contributed by atoms with Gasteiger partial charge in [0, 0.05) is 18.2 Å². The van der Waals surface area contributed by atoms with Gasteiger partial charge in [-0.25, -0.2) is 4.40 Å². The predicted octanol–water partition coefficient (Wildman–Crippen LogP) is 3.29. The quantitative estimate of drug-likeness (QED) is 0.438. The zero-order valence-corrected chi connectivity index (χ0v) is 7.24. The Labute approximate surface area is 62.4 Å². The summed E-state index contributed by atoms with van der Waals surface area (Å²) in [5.41, 5.74) is 0. The van der Waals surface area contributed by atoms with Crippen LogP contribution in [0.1, 0.15) is 27.2 Å². The van der Waals surface area contributed by atoms with E-state index in [0.29, 0.717) is 0 Å². The zero-order valence-electron chi connectivity index (χ0n) is 6.42. The average molecular weight is 145 g/mol. The van der Waals surface area contributed by atoms with E-state index >= 15 is 0 Å². The lowest BCUT2D eigenvalue weighted by Crippen LogP contribution is -1.59. The van der Waals surface area contributed by atoms with E-state index in [-0.39, 0.29) is 0 Å². The second kappa shape index (κ2) is 15.7. The molecule has 0 N–H and O–H groups in total. The van der Waals surface area contributed by atoms with Crippen LogP contribution in [0, 0.1) is 0 Å². The number of hydrogen-bond acceptors (Lipinski definition) is 2. The highest BCUT2D eigenvalue weighted by molar-refractivity contribution is 8.00. The third-order valence-electron chi connectivity index (χ3n) is 0.393. The van der Waals surface area contributed by atoms with Crippen molar-refractivity contribution in [1.82, 2.24) is 0 Å². The van der Waals surface area contributed by atoms with Crippen molar-refractivity contribution in [2.24, 2.45) is 4.40 Å². The van der Waals surface area contributed by atoms with Crippen LogP contribution in [-0.2, 0) is 0 Å².